The highest BCUT2D eigenvalue weighted by atomic mass is 32.2. The quantitative estimate of drug-likeness (QED) is 0.919. The molecule has 1 amide bonds. The molecule has 0 bridgehead atoms. The molecule has 0 aliphatic carbocycles. The van der Waals surface area contributed by atoms with Crippen LogP contribution in [0.2, 0.25) is 0 Å². The highest BCUT2D eigenvalue weighted by Crippen LogP contribution is 2.47. The molecule has 0 aromatic heterocycles. The number of methoxy groups -OCH3 is 2. The van der Waals surface area contributed by atoms with E-state index in [9.17, 15) is 9.90 Å². The molecule has 1 aliphatic heterocycles. The van der Waals surface area contributed by atoms with Crippen molar-refractivity contribution in [3.63, 3.8) is 0 Å². The number of aromatic hydroxyl groups is 1. The maximum Gasteiger partial charge on any atom is 0.245 e. The zero-order valence-corrected chi connectivity index (χ0v) is 11.8. The van der Waals surface area contributed by atoms with E-state index in [4.69, 9.17) is 9.47 Å². The Bertz CT molecular complexity index is 518. The Hall–Kier alpha value is -1.82. The molecular formula is C13H15NO4S. The van der Waals surface area contributed by atoms with Crippen molar-refractivity contribution in [3.8, 4) is 17.2 Å². The Morgan fingerprint density at radius 3 is 2.21 bits per heavy atom. The molecule has 1 unspecified atom stereocenters. The van der Waals surface area contributed by atoms with Gasteiger partial charge in [0.15, 0.2) is 11.5 Å². The zero-order valence-electron chi connectivity index (χ0n) is 11.0. The average molecular weight is 281 g/mol. The number of rotatable bonds is 3. The molecule has 6 heteroatoms. The van der Waals surface area contributed by atoms with E-state index >= 15 is 0 Å². The first-order valence-electron chi connectivity index (χ1n) is 5.57. The van der Waals surface area contributed by atoms with Gasteiger partial charge in [-0.3, -0.25) is 4.79 Å². The van der Waals surface area contributed by atoms with Gasteiger partial charge in [-0.05, 0) is 17.7 Å². The van der Waals surface area contributed by atoms with Crippen molar-refractivity contribution in [1.82, 2.24) is 4.90 Å². The number of likely N-dealkylation sites (N-methyl/N-ethyl adjacent to an activating group) is 1. The molecule has 1 saturated heterocycles. The molecule has 1 heterocycles. The van der Waals surface area contributed by atoms with Crippen molar-refractivity contribution < 1.29 is 19.4 Å². The molecule has 19 heavy (non-hydrogen) atoms. The molecule has 1 atom stereocenters. The predicted octanol–water partition coefficient (Wildman–Crippen LogP) is 2.13. The summed E-state index contributed by atoms with van der Waals surface area (Å²) in [6.07, 6.45) is 0. The van der Waals surface area contributed by atoms with E-state index in [1.165, 1.54) is 30.9 Å². The van der Waals surface area contributed by atoms with Crippen molar-refractivity contribution >= 4 is 17.7 Å². The smallest absolute Gasteiger partial charge is 0.245 e. The fourth-order valence-corrected chi connectivity index (χ4v) is 2.89. The number of phenols is 1. The predicted molar refractivity (Wildman–Crippen MR) is 73.5 cm³/mol. The van der Waals surface area contributed by atoms with Crippen LogP contribution < -0.4 is 9.47 Å². The molecule has 1 aromatic rings. The molecule has 102 valence electrons. The molecular weight excluding hydrogens is 266 g/mol. The lowest BCUT2D eigenvalue weighted by Gasteiger charge is -2.14. The summed E-state index contributed by atoms with van der Waals surface area (Å²) in [4.78, 5) is 13.6. The second-order valence-corrected chi connectivity index (χ2v) is 5.24. The topological polar surface area (TPSA) is 59.0 Å². The highest BCUT2D eigenvalue weighted by Gasteiger charge is 2.35. The van der Waals surface area contributed by atoms with Crippen LogP contribution in [0.25, 0.3) is 0 Å². The van der Waals surface area contributed by atoms with E-state index in [2.05, 4.69) is 6.58 Å². The van der Waals surface area contributed by atoms with Gasteiger partial charge in [-0.1, -0.05) is 18.3 Å². The Morgan fingerprint density at radius 1 is 1.32 bits per heavy atom. The van der Waals surface area contributed by atoms with Crippen LogP contribution in [0.5, 0.6) is 17.2 Å². The first-order chi connectivity index (χ1) is 8.99. The van der Waals surface area contributed by atoms with E-state index in [1.807, 2.05) is 0 Å². The number of benzene rings is 1. The molecule has 0 spiro atoms. The Kier molecular flexibility index (Phi) is 3.61. The lowest BCUT2D eigenvalue weighted by molar-refractivity contribution is -0.126. The lowest BCUT2D eigenvalue weighted by atomic mass is 10.1. The minimum absolute atomic E-state index is 0.0511. The van der Waals surface area contributed by atoms with Crippen LogP contribution in [0.4, 0.5) is 0 Å². The summed E-state index contributed by atoms with van der Waals surface area (Å²) in [7, 11) is 4.59. The summed E-state index contributed by atoms with van der Waals surface area (Å²) >= 11 is 1.37. The van der Waals surface area contributed by atoms with Crippen molar-refractivity contribution in [3.05, 3.63) is 29.3 Å². The molecule has 1 aliphatic rings. The number of phenolic OH excluding ortho intramolecular Hbond substituents is 1. The summed E-state index contributed by atoms with van der Waals surface area (Å²) in [6.45, 7) is 3.82. The largest absolute Gasteiger partial charge is 0.502 e. The minimum Gasteiger partial charge on any atom is -0.502 e. The summed E-state index contributed by atoms with van der Waals surface area (Å²) in [5.74, 6) is 0.437. The second kappa shape index (κ2) is 5.05. The van der Waals surface area contributed by atoms with Gasteiger partial charge >= 0.3 is 0 Å². The first kappa shape index (κ1) is 13.6. The molecule has 1 fully saturated rings. The lowest BCUT2D eigenvalue weighted by Crippen LogP contribution is -2.20. The molecule has 0 radical (unpaired) electrons. The van der Waals surface area contributed by atoms with Gasteiger partial charge in [0.2, 0.25) is 11.7 Å². The van der Waals surface area contributed by atoms with E-state index in [0.29, 0.717) is 10.6 Å². The molecule has 2 rings (SSSR count). The van der Waals surface area contributed by atoms with E-state index in [0.717, 1.165) is 0 Å². The summed E-state index contributed by atoms with van der Waals surface area (Å²) < 4.78 is 10.2. The van der Waals surface area contributed by atoms with Gasteiger partial charge in [-0.25, -0.2) is 0 Å². The number of amides is 1. The fraction of sp³-hybridized carbons (Fsp3) is 0.308. The van der Waals surface area contributed by atoms with Crippen LogP contribution in [0, 0.1) is 0 Å². The third-order valence-electron chi connectivity index (χ3n) is 2.99. The van der Waals surface area contributed by atoms with E-state index in [1.54, 1.807) is 19.2 Å². The number of carbonyl (C=O) groups excluding carboxylic acids is 1. The van der Waals surface area contributed by atoms with Gasteiger partial charge < -0.3 is 19.5 Å². The highest BCUT2D eigenvalue weighted by molar-refractivity contribution is 8.04. The van der Waals surface area contributed by atoms with Crippen LogP contribution in [-0.2, 0) is 4.79 Å². The number of hydrogen-bond acceptors (Lipinski definition) is 5. The van der Waals surface area contributed by atoms with Crippen molar-refractivity contribution in [2.75, 3.05) is 21.3 Å². The van der Waals surface area contributed by atoms with Crippen LogP contribution in [-0.4, -0.2) is 37.2 Å². The summed E-state index contributed by atoms with van der Waals surface area (Å²) in [5, 5.41) is 10.2. The van der Waals surface area contributed by atoms with Crippen LogP contribution >= 0.6 is 11.8 Å². The maximum atomic E-state index is 12.1. The van der Waals surface area contributed by atoms with Crippen LogP contribution in [0.3, 0.4) is 0 Å². The normalized spacial score (nSPS) is 18.9. The van der Waals surface area contributed by atoms with Crippen molar-refractivity contribution in [2.24, 2.45) is 0 Å². The molecule has 5 nitrogen and oxygen atoms in total. The average Bonchev–Trinajstić information content (AvgIpc) is 2.67. The van der Waals surface area contributed by atoms with Gasteiger partial charge in [0.25, 0.3) is 0 Å². The number of nitrogens with zero attached hydrogens (tertiary/aromatic N) is 1. The third kappa shape index (κ3) is 2.23. The maximum absolute atomic E-state index is 12.1. The van der Waals surface area contributed by atoms with E-state index in [-0.39, 0.29) is 28.4 Å². The molecule has 1 N–H and O–H groups in total. The van der Waals surface area contributed by atoms with Crippen LogP contribution in [0.1, 0.15) is 10.8 Å². The number of ether oxygens (including phenoxy) is 2. The SMILES string of the molecule is C=C1SC(c2cc(OC)c(O)c(OC)c2)C(=O)N1C. The number of carbonyl (C=O) groups is 1. The molecule has 0 saturated carbocycles. The fourth-order valence-electron chi connectivity index (χ4n) is 1.84. The summed E-state index contributed by atoms with van der Waals surface area (Å²) in [6, 6.07) is 3.28. The number of thioether (sulfide) groups is 1. The Balaban J connectivity index is 2.46. The van der Waals surface area contributed by atoms with Gasteiger partial charge in [-0.15, -0.1) is 0 Å². The van der Waals surface area contributed by atoms with E-state index < -0.39 is 0 Å². The second-order valence-electron chi connectivity index (χ2n) is 4.06. The monoisotopic (exact) mass is 281 g/mol. The minimum atomic E-state index is -0.388. The molecule has 1 aromatic carbocycles. The first-order valence-corrected chi connectivity index (χ1v) is 6.45. The summed E-state index contributed by atoms with van der Waals surface area (Å²) in [5.41, 5.74) is 0.715. The van der Waals surface area contributed by atoms with Gasteiger partial charge in [0.05, 0.1) is 19.2 Å². The zero-order chi connectivity index (χ0) is 14.2. The van der Waals surface area contributed by atoms with Gasteiger partial charge in [0, 0.05) is 7.05 Å². The third-order valence-corrected chi connectivity index (χ3v) is 4.24. The Labute approximate surface area is 115 Å². The van der Waals surface area contributed by atoms with Crippen molar-refractivity contribution in [1.29, 1.82) is 0 Å². The standard InChI is InChI=1S/C13H15NO4S/c1-7-14(2)13(16)12(19-7)8-5-9(17-3)11(15)10(6-8)18-4/h5-6,12,15H,1H2,2-4H3. The van der Waals surface area contributed by atoms with Crippen molar-refractivity contribution in [2.45, 2.75) is 5.25 Å². The van der Waals surface area contributed by atoms with Gasteiger partial charge in [-0.2, -0.15) is 0 Å². The Morgan fingerprint density at radius 2 is 1.84 bits per heavy atom. The van der Waals surface area contributed by atoms with Gasteiger partial charge in [0.1, 0.15) is 5.25 Å². The number of hydrogen-bond donors (Lipinski definition) is 1. The van der Waals surface area contributed by atoms with Crippen LogP contribution in [0.15, 0.2) is 23.7 Å².